The Morgan fingerprint density at radius 1 is 0.800 bits per heavy atom. The highest BCUT2D eigenvalue weighted by Gasteiger charge is 1.95. The van der Waals surface area contributed by atoms with Crippen molar-refractivity contribution in [1.29, 1.82) is 0 Å². The van der Waals surface area contributed by atoms with E-state index in [-0.39, 0.29) is 0 Å². The zero-order valence-electron chi connectivity index (χ0n) is 11.6. The first-order valence-corrected chi connectivity index (χ1v) is 6.94. The zero-order chi connectivity index (χ0) is 14.0. The van der Waals surface area contributed by atoms with Gasteiger partial charge in [0.2, 0.25) is 0 Å². The quantitative estimate of drug-likeness (QED) is 0.592. The standard InChI is InChI=1S/C17H21NO2/c18-16-7-9-17(10-8-16)20-13-4-12-19-14-11-15-5-2-1-3-6-15/h1-3,5-10H,4,11-14,18H2. The summed E-state index contributed by atoms with van der Waals surface area (Å²) in [5.74, 6) is 0.850. The third-order valence-corrected chi connectivity index (χ3v) is 2.96. The molecule has 0 spiro atoms. The van der Waals surface area contributed by atoms with Gasteiger partial charge in [0.1, 0.15) is 5.75 Å². The maximum Gasteiger partial charge on any atom is 0.119 e. The molecule has 0 aliphatic heterocycles. The van der Waals surface area contributed by atoms with E-state index >= 15 is 0 Å². The molecule has 0 aliphatic rings. The predicted octanol–water partition coefficient (Wildman–Crippen LogP) is 3.30. The van der Waals surface area contributed by atoms with Gasteiger partial charge in [0.25, 0.3) is 0 Å². The second kappa shape index (κ2) is 8.23. The van der Waals surface area contributed by atoms with E-state index in [0.717, 1.165) is 37.5 Å². The minimum atomic E-state index is 0.662. The summed E-state index contributed by atoms with van der Waals surface area (Å²) in [5.41, 5.74) is 7.67. The van der Waals surface area contributed by atoms with Crippen molar-refractivity contribution in [3.05, 3.63) is 60.2 Å². The predicted molar refractivity (Wildman–Crippen MR) is 81.9 cm³/mol. The number of rotatable bonds is 8. The first kappa shape index (κ1) is 14.4. The van der Waals surface area contributed by atoms with Gasteiger partial charge in [-0.05, 0) is 36.2 Å². The lowest BCUT2D eigenvalue weighted by atomic mass is 10.2. The van der Waals surface area contributed by atoms with Gasteiger partial charge >= 0.3 is 0 Å². The van der Waals surface area contributed by atoms with Crippen LogP contribution in [0.2, 0.25) is 0 Å². The monoisotopic (exact) mass is 271 g/mol. The average Bonchev–Trinajstić information content (AvgIpc) is 2.49. The minimum Gasteiger partial charge on any atom is -0.494 e. The van der Waals surface area contributed by atoms with E-state index < -0.39 is 0 Å². The Labute approximate surface area is 120 Å². The summed E-state index contributed by atoms with van der Waals surface area (Å²) in [6, 6.07) is 17.8. The van der Waals surface area contributed by atoms with Crippen LogP contribution in [0.1, 0.15) is 12.0 Å². The van der Waals surface area contributed by atoms with Crippen LogP contribution in [0.15, 0.2) is 54.6 Å². The third kappa shape index (κ3) is 5.33. The highest BCUT2D eigenvalue weighted by atomic mass is 16.5. The molecular formula is C17H21NO2. The van der Waals surface area contributed by atoms with Crippen LogP contribution in [0.25, 0.3) is 0 Å². The van der Waals surface area contributed by atoms with Gasteiger partial charge in [-0.3, -0.25) is 0 Å². The van der Waals surface area contributed by atoms with E-state index in [1.54, 1.807) is 0 Å². The summed E-state index contributed by atoms with van der Waals surface area (Å²) < 4.78 is 11.2. The fourth-order valence-electron chi connectivity index (χ4n) is 1.85. The molecule has 0 heterocycles. The molecule has 0 unspecified atom stereocenters. The zero-order valence-corrected chi connectivity index (χ0v) is 11.6. The van der Waals surface area contributed by atoms with Crippen LogP contribution in [0, 0.1) is 0 Å². The molecule has 2 aromatic rings. The van der Waals surface area contributed by atoms with Crippen molar-refractivity contribution >= 4 is 5.69 Å². The SMILES string of the molecule is Nc1ccc(OCCCOCCc2ccccc2)cc1. The van der Waals surface area contributed by atoms with Crippen molar-refractivity contribution < 1.29 is 9.47 Å². The molecule has 106 valence electrons. The topological polar surface area (TPSA) is 44.5 Å². The second-order valence-corrected chi connectivity index (χ2v) is 4.62. The first-order valence-electron chi connectivity index (χ1n) is 6.94. The molecule has 0 fully saturated rings. The van der Waals surface area contributed by atoms with Crippen LogP contribution in [0.5, 0.6) is 5.75 Å². The highest BCUT2D eigenvalue weighted by Crippen LogP contribution is 2.13. The van der Waals surface area contributed by atoms with Crippen LogP contribution in [0.3, 0.4) is 0 Å². The van der Waals surface area contributed by atoms with Gasteiger partial charge in [0.05, 0.1) is 13.2 Å². The lowest BCUT2D eigenvalue weighted by Crippen LogP contribution is -2.05. The summed E-state index contributed by atoms with van der Waals surface area (Å²) in [7, 11) is 0. The van der Waals surface area contributed by atoms with Crippen LogP contribution < -0.4 is 10.5 Å². The first-order chi connectivity index (χ1) is 9.84. The molecule has 0 aliphatic carbocycles. The number of anilines is 1. The molecule has 0 saturated carbocycles. The molecule has 0 radical (unpaired) electrons. The van der Waals surface area contributed by atoms with E-state index in [2.05, 4.69) is 24.3 Å². The van der Waals surface area contributed by atoms with Crippen molar-refractivity contribution in [2.75, 3.05) is 25.6 Å². The van der Waals surface area contributed by atoms with Gasteiger partial charge in [0.15, 0.2) is 0 Å². The Bertz CT molecular complexity index is 482. The number of benzene rings is 2. The van der Waals surface area contributed by atoms with Gasteiger partial charge in [-0.2, -0.15) is 0 Å². The van der Waals surface area contributed by atoms with Crippen molar-refractivity contribution in [3.63, 3.8) is 0 Å². The molecule has 2 rings (SSSR count). The van der Waals surface area contributed by atoms with E-state index in [4.69, 9.17) is 15.2 Å². The number of nitrogen functional groups attached to an aromatic ring is 1. The van der Waals surface area contributed by atoms with Crippen LogP contribution in [-0.4, -0.2) is 19.8 Å². The minimum absolute atomic E-state index is 0.662. The summed E-state index contributed by atoms with van der Waals surface area (Å²) in [4.78, 5) is 0. The normalized spacial score (nSPS) is 10.4. The Hall–Kier alpha value is -2.00. The van der Waals surface area contributed by atoms with E-state index in [1.165, 1.54) is 5.56 Å². The number of hydrogen-bond donors (Lipinski definition) is 1. The van der Waals surface area contributed by atoms with E-state index in [9.17, 15) is 0 Å². The molecule has 3 nitrogen and oxygen atoms in total. The van der Waals surface area contributed by atoms with Gasteiger partial charge in [-0.1, -0.05) is 30.3 Å². The molecule has 0 bridgehead atoms. The lowest BCUT2D eigenvalue weighted by molar-refractivity contribution is 0.122. The van der Waals surface area contributed by atoms with Crippen molar-refractivity contribution in [2.24, 2.45) is 0 Å². The van der Waals surface area contributed by atoms with Crippen molar-refractivity contribution in [3.8, 4) is 5.75 Å². The summed E-state index contributed by atoms with van der Waals surface area (Å²) in [5, 5.41) is 0. The average molecular weight is 271 g/mol. The summed E-state index contributed by atoms with van der Waals surface area (Å²) >= 11 is 0. The van der Waals surface area contributed by atoms with E-state index in [1.807, 2.05) is 30.3 Å². The maximum absolute atomic E-state index is 5.61. The second-order valence-electron chi connectivity index (χ2n) is 4.62. The molecule has 2 aromatic carbocycles. The molecule has 2 N–H and O–H groups in total. The number of nitrogens with two attached hydrogens (primary N) is 1. The Kier molecular flexibility index (Phi) is 5.93. The smallest absolute Gasteiger partial charge is 0.119 e. The third-order valence-electron chi connectivity index (χ3n) is 2.96. The summed E-state index contributed by atoms with van der Waals surface area (Å²) in [6.45, 7) is 2.14. The van der Waals surface area contributed by atoms with Gasteiger partial charge in [-0.15, -0.1) is 0 Å². The van der Waals surface area contributed by atoms with Gasteiger partial charge in [0, 0.05) is 18.7 Å². The highest BCUT2D eigenvalue weighted by molar-refractivity contribution is 5.41. The number of hydrogen-bond acceptors (Lipinski definition) is 3. The van der Waals surface area contributed by atoms with Gasteiger partial charge in [-0.25, -0.2) is 0 Å². The van der Waals surface area contributed by atoms with Crippen molar-refractivity contribution in [2.45, 2.75) is 12.8 Å². The van der Waals surface area contributed by atoms with Crippen LogP contribution in [0.4, 0.5) is 5.69 Å². The molecular weight excluding hydrogens is 250 g/mol. The van der Waals surface area contributed by atoms with Crippen LogP contribution in [-0.2, 0) is 11.2 Å². The van der Waals surface area contributed by atoms with Gasteiger partial charge < -0.3 is 15.2 Å². The van der Waals surface area contributed by atoms with E-state index in [0.29, 0.717) is 6.61 Å². The fraction of sp³-hybridized carbons (Fsp3) is 0.294. The Morgan fingerprint density at radius 3 is 2.30 bits per heavy atom. The molecule has 0 atom stereocenters. The Morgan fingerprint density at radius 2 is 1.55 bits per heavy atom. The Balaban J connectivity index is 1.51. The van der Waals surface area contributed by atoms with Crippen molar-refractivity contribution in [1.82, 2.24) is 0 Å². The number of ether oxygens (including phenoxy) is 2. The molecule has 3 heteroatoms. The lowest BCUT2D eigenvalue weighted by Gasteiger charge is -2.07. The van der Waals surface area contributed by atoms with Crippen LogP contribution >= 0.6 is 0 Å². The largest absolute Gasteiger partial charge is 0.494 e. The molecule has 0 saturated heterocycles. The fourth-order valence-corrected chi connectivity index (χ4v) is 1.85. The maximum atomic E-state index is 5.61. The molecule has 0 amide bonds. The summed E-state index contributed by atoms with van der Waals surface area (Å²) in [6.07, 6.45) is 1.85. The molecule has 20 heavy (non-hydrogen) atoms. The molecule has 0 aromatic heterocycles.